The number of aliphatic hydroxyl groups excluding tert-OH is 1. The van der Waals surface area contributed by atoms with Crippen LogP contribution in [0, 0.1) is 28.6 Å². The Kier molecular flexibility index (Phi) is 3.88. The molecule has 0 amide bonds. The maximum Gasteiger partial charge on any atom is 0.227 e. The van der Waals surface area contributed by atoms with Crippen molar-refractivity contribution in [3.8, 4) is 0 Å². The average molecular weight is 360 g/mol. The van der Waals surface area contributed by atoms with E-state index in [-0.39, 0.29) is 35.2 Å². The van der Waals surface area contributed by atoms with Crippen molar-refractivity contribution >= 4 is 17.9 Å². The zero-order valence-corrected chi connectivity index (χ0v) is 15.5. The van der Waals surface area contributed by atoms with Crippen LogP contribution in [0.2, 0.25) is 0 Å². The number of aldehydes is 1. The molecule has 142 valence electrons. The van der Waals surface area contributed by atoms with Crippen molar-refractivity contribution in [2.75, 3.05) is 0 Å². The lowest BCUT2D eigenvalue weighted by Gasteiger charge is -2.60. The molecule has 0 aromatic heterocycles. The molecular formula is C21H28O5. The standard InChI is InChI=1S/C21H28O5/c1-19-7-5-13(23)9-12(19)3-4-14-15-6-8-21(26,17(25)11-22)20(15,2)10-16(24)18(14)19/h9,11,14-16,18,24,26H,3-8,10H2,1-2H3/t14-,15-,16-,18+,19-,20-,21-/m1/s1. The van der Waals surface area contributed by atoms with Crippen LogP contribution in [-0.2, 0) is 14.4 Å². The van der Waals surface area contributed by atoms with Gasteiger partial charge in [0.2, 0.25) is 5.78 Å². The first-order valence-electron chi connectivity index (χ1n) is 9.81. The Morgan fingerprint density at radius 2 is 1.96 bits per heavy atom. The van der Waals surface area contributed by atoms with Crippen molar-refractivity contribution in [2.45, 2.75) is 70.5 Å². The van der Waals surface area contributed by atoms with E-state index in [1.54, 1.807) is 6.08 Å². The van der Waals surface area contributed by atoms with Crippen molar-refractivity contribution in [1.29, 1.82) is 0 Å². The second kappa shape index (κ2) is 5.59. The molecule has 0 radical (unpaired) electrons. The molecule has 0 aromatic carbocycles. The molecule has 0 saturated heterocycles. The zero-order chi connectivity index (χ0) is 18.9. The lowest BCUT2D eigenvalue weighted by molar-refractivity contribution is -0.180. The number of carbonyl (C=O) groups excluding carboxylic acids is 3. The van der Waals surface area contributed by atoms with Crippen LogP contribution in [0.25, 0.3) is 0 Å². The van der Waals surface area contributed by atoms with E-state index in [4.69, 9.17) is 0 Å². The van der Waals surface area contributed by atoms with Gasteiger partial charge < -0.3 is 10.2 Å². The number of hydrogen-bond acceptors (Lipinski definition) is 5. The zero-order valence-electron chi connectivity index (χ0n) is 15.5. The molecule has 4 aliphatic rings. The number of rotatable bonds is 2. The molecule has 5 heteroatoms. The van der Waals surface area contributed by atoms with Crippen LogP contribution in [0.1, 0.15) is 58.8 Å². The summed E-state index contributed by atoms with van der Waals surface area (Å²) in [6, 6.07) is 0. The van der Waals surface area contributed by atoms with Crippen LogP contribution >= 0.6 is 0 Å². The maximum absolute atomic E-state index is 12.2. The lowest BCUT2D eigenvalue weighted by atomic mass is 9.45. The van der Waals surface area contributed by atoms with Crippen LogP contribution in [0.3, 0.4) is 0 Å². The molecular weight excluding hydrogens is 332 g/mol. The SMILES string of the molecule is C[C@@]12CCC(=O)C=C1CC[C@H]1[C@H]2[C@H](O)C[C@]2(C)[C@@H]1CC[C@@]2(O)C(=O)C=O. The number of allylic oxidation sites excluding steroid dienone is 1. The van der Waals surface area contributed by atoms with E-state index in [0.29, 0.717) is 25.7 Å². The quantitative estimate of drug-likeness (QED) is 0.580. The first kappa shape index (κ1) is 18.1. The molecule has 0 aliphatic heterocycles. The van der Waals surface area contributed by atoms with E-state index >= 15 is 0 Å². The van der Waals surface area contributed by atoms with Crippen molar-refractivity contribution < 1.29 is 24.6 Å². The van der Waals surface area contributed by atoms with Crippen molar-refractivity contribution in [2.24, 2.45) is 28.6 Å². The molecule has 3 saturated carbocycles. The molecule has 0 heterocycles. The fourth-order valence-electron chi connectivity index (χ4n) is 7.19. The average Bonchev–Trinajstić information content (AvgIpc) is 2.86. The predicted octanol–water partition coefficient (Wildman–Crippen LogP) is 1.99. The largest absolute Gasteiger partial charge is 0.393 e. The summed E-state index contributed by atoms with van der Waals surface area (Å²) in [5.74, 6) is -0.215. The second-order valence-corrected chi connectivity index (χ2v) is 9.46. The predicted molar refractivity (Wildman–Crippen MR) is 94.1 cm³/mol. The molecule has 3 fully saturated rings. The monoisotopic (exact) mass is 360 g/mol. The van der Waals surface area contributed by atoms with Crippen molar-refractivity contribution in [1.82, 2.24) is 0 Å². The highest BCUT2D eigenvalue weighted by atomic mass is 16.3. The molecule has 0 aromatic rings. The molecule has 0 unspecified atom stereocenters. The third-order valence-electron chi connectivity index (χ3n) is 8.56. The van der Waals surface area contributed by atoms with Gasteiger partial charge in [0.1, 0.15) is 5.60 Å². The minimum atomic E-state index is -1.66. The van der Waals surface area contributed by atoms with Gasteiger partial charge in [0.15, 0.2) is 12.1 Å². The first-order valence-corrected chi connectivity index (χ1v) is 9.81. The van der Waals surface area contributed by atoms with E-state index in [2.05, 4.69) is 6.92 Å². The minimum absolute atomic E-state index is 0.0439. The van der Waals surface area contributed by atoms with E-state index in [0.717, 1.165) is 24.8 Å². The Morgan fingerprint density at radius 3 is 2.65 bits per heavy atom. The van der Waals surface area contributed by atoms with E-state index in [9.17, 15) is 24.6 Å². The molecule has 0 bridgehead atoms. The van der Waals surface area contributed by atoms with Gasteiger partial charge in [0.25, 0.3) is 0 Å². The van der Waals surface area contributed by atoms with Crippen LogP contribution in [-0.4, -0.2) is 39.8 Å². The molecule has 4 rings (SSSR count). The number of fused-ring (bicyclic) bond motifs is 5. The molecule has 0 spiro atoms. The summed E-state index contributed by atoms with van der Waals surface area (Å²) in [7, 11) is 0. The Labute approximate surface area is 153 Å². The van der Waals surface area contributed by atoms with Crippen LogP contribution < -0.4 is 0 Å². The third-order valence-corrected chi connectivity index (χ3v) is 8.56. The number of Topliss-reactive ketones (excluding diaryl/α,β-unsaturated/α-hetero) is 1. The summed E-state index contributed by atoms with van der Waals surface area (Å²) < 4.78 is 0. The Bertz CT molecular complexity index is 711. The number of ketones is 2. The highest BCUT2D eigenvalue weighted by Gasteiger charge is 2.68. The molecule has 4 aliphatic carbocycles. The van der Waals surface area contributed by atoms with Gasteiger partial charge in [-0.1, -0.05) is 19.4 Å². The number of aliphatic hydroxyl groups is 2. The fraction of sp³-hybridized carbons (Fsp3) is 0.762. The summed E-state index contributed by atoms with van der Waals surface area (Å²) in [6.45, 7) is 4.05. The number of hydrogen-bond donors (Lipinski definition) is 2. The lowest BCUT2D eigenvalue weighted by Crippen LogP contribution is -2.61. The van der Waals surface area contributed by atoms with Gasteiger partial charge in [-0.05, 0) is 67.8 Å². The van der Waals surface area contributed by atoms with Gasteiger partial charge >= 0.3 is 0 Å². The Balaban J connectivity index is 1.75. The van der Waals surface area contributed by atoms with E-state index in [1.807, 2.05) is 6.92 Å². The minimum Gasteiger partial charge on any atom is -0.393 e. The Morgan fingerprint density at radius 1 is 1.23 bits per heavy atom. The van der Waals surface area contributed by atoms with E-state index in [1.165, 1.54) is 0 Å². The summed E-state index contributed by atoms with van der Waals surface area (Å²) in [5.41, 5.74) is -1.46. The third kappa shape index (κ3) is 2.07. The van der Waals surface area contributed by atoms with Gasteiger partial charge in [-0.15, -0.1) is 0 Å². The fourth-order valence-corrected chi connectivity index (χ4v) is 7.19. The second-order valence-electron chi connectivity index (χ2n) is 9.46. The summed E-state index contributed by atoms with van der Waals surface area (Å²) in [5, 5.41) is 22.3. The van der Waals surface area contributed by atoms with Crippen molar-refractivity contribution in [3.05, 3.63) is 11.6 Å². The maximum atomic E-state index is 12.2. The van der Waals surface area contributed by atoms with Gasteiger partial charge in [0.05, 0.1) is 6.10 Å². The van der Waals surface area contributed by atoms with Gasteiger partial charge in [-0.25, -0.2) is 0 Å². The highest BCUT2D eigenvalue weighted by Crippen LogP contribution is 2.67. The molecule has 7 atom stereocenters. The van der Waals surface area contributed by atoms with Crippen LogP contribution in [0.4, 0.5) is 0 Å². The van der Waals surface area contributed by atoms with Gasteiger partial charge in [0, 0.05) is 11.8 Å². The van der Waals surface area contributed by atoms with Crippen molar-refractivity contribution in [3.63, 3.8) is 0 Å². The Hall–Kier alpha value is -1.33. The smallest absolute Gasteiger partial charge is 0.227 e. The van der Waals surface area contributed by atoms with Crippen LogP contribution in [0.15, 0.2) is 11.6 Å². The van der Waals surface area contributed by atoms with Gasteiger partial charge in [-0.2, -0.15) is 0 Å². The molecule has 26 heavy (non-hydrogen) atoms. The summed E-state index contributed by atoms with van der Waals surface area (Å²) >= 11 is 0. The summed E-state index contributed by atoms with van der Waals surface area (Å²) in [4.78, 5) is 35.3. The number of carbonyl (C=O) groups is 3. The summed E-state index contributed by atoms with van der Waals surface area (Å²) in [6.07, 6.45) is 5.68. The molecule has 2 N–H and O–H groups in total. The van der Waals surface area contributed by atoms with Crippen LogP contribution in [0.5, 0.6) is 0 Å². The highest BCUT2D eigenvalue weighted by molar-refractivity contribution is 6.29. The molecule has 5 nitrogen and oxygen atoms in total. The topological polar surface area (TPSA) is 91.7 Å². The normalized spacial score (nSPS) is 50.3. The van der Waals surface area contributed by atoms with E-state index < -0.39 is 22.9 Å². The first-order chi connectivity index (χ1) is 12.2. The van der Waals surface area contributed by atoms with Gasteiger partial charge in [-0.3, -0.25) is 14.4 Å².